The summed E-state index contributed by atoms with van der Waals surface area (Å²) in [7, 11) is 0. The first-order valence-electron chi connectivity index (χ1n) is 7.03. The van der Waals surface area contributed by atoms with Crippen molar-refractivity contribution in [2.45, 2.75) is 25.8 Å². The Kier molecular flexibility index (Phi) is 6.56. The lowest BCUT2D eigenvalue weighted by Crippen LogP contribution is -2.24. The molecule has 2 aromatic rings. The van der Waals surface area contributed by atoms with Gasteiger partial charge in [0.15, 0.2) is 0 Å². The number of hydrogen-bond donors (Lipinski definition) is 1. The van der Waals surface area contributed by atoms with Gasteiger partial charge in [-0.15, -0.1) is 0 Å². The summed E-state index contributed by atoms with van der Waals surface area (Å²) in [6.07, 6.45) is 1.89. The van der Waals surface area contributed by atoms with E-state index in [1.807, 2.05) is 30.3 Å². The normalized spacial score (nSPS) is 12.4. The first-order chi connectivity index (χ1) is 10.1. The fourth-order valence-electron chi connectivity index (χ4n) is 2.28. The highest BCUT2D eigenvalue weighted by Gasteiger charge is 2.16. The molecular formula is C17H18BrCl2N. The van der Waals surface area contributed by atoms with Crippen molar-refractivity contribution in [3.8, 4) is 0 Å². The summed E-state index contributed by atoms with van der Waals surface area (Å²) in [5.74, 6) is 0. The summed E-state index contributed by atoms with van der Waals surface area (Å²) in [5.41, 5.74) is 2.24. The highest BCUT2D eigenvalue weighted by Crippen LogP contribution is 2.29. The summed E-state index contributed by atoms with van der Waals surface area (Å²) in [6, 6.07) is 14.1. The standard InChI is InChI=1S/C17H18BrCl2N/c1-2-9-21-17(14-5-3-4-6-15(14)19)10-12-7-8-13(18)11-16(12)20/h3-8,11,17,21H,2,9-10H2,1H3. The van der Waals surface area contributed by atoms with Crippen molar-refractivity contribution in [1.82, 2.24) is 5.32 Å². The maximum Gasteiger partial charge on any atom is 0.0453 e. The van der Waals surface area contributed by atoms with Gasteiger partial charge in [-0.05, 0) is 48.7 Å². The second-order valence-electron chi connectivity index (χ2n) is 4.97. The molecule has 0 spiro atoms. The van der Waals surface area contributed by atoms with Crippen LogP contribution in [-0.4, -0.2) is 6.54 Å². The van der Waals surface area contributed by atoms with Gasteiger partial charge in [-0.3, -0.25) is 0 Å². The summed E-state index contributed by atoms with van der Waals surface area (Å²) in [6.45, 7) is 3.10. The Morgan fingerprint density at radius 3 is 2.52 bits per heavy atom. The number of hydrogen-bond acceptors (Lipinski definition) is 1. The van der Waals surface area contributed by atoms with Crippen LogP contribution in [0.5, 0.6) is 0 Å². The number of rotatable bonds is 6. The quantitative estimate of drug-likeness (QED) is 0.638. The Hall–Kier alpha value is -0.540. The SMILES string of the molecule is CCCNC(Cc1ccc(Br)cc1Cl)c1ccccc1Cl. The first-order valence-corrected chi connectivity index (χ1v) is 8.58. The minimum absolute atomic E-state index is 0.164. The number of halogens is 3. The molecule has 0 amide bonds. The molecule has 2 rings (SSSR count). The third-order valence-electron chi connectivity index (χ3n) is 3.36. The van der Waals surface area contributed by atoms with Crippen LogP contribution >= 0.6 is 39.1 Å². The molecule has 0 aromatic heterocycles. The summed E-state index contributed by atoms with van der Waals surface area (Å²) in [5, 5.41) is 5.13. The zero-order chi connectivity index (χ0) is 15.2. The van der Waals surface area contributed by atoms with Crippen LogP contribution < -0.4 is 5.32 Å². The minimum Gasteiger partial charge on any atom is -0.310 e. The average molecular weight is 387 g/mol. The predicted molar refractivity (Wildman–Crippen MR) is 95.3 cm³/mol. The van der Waals surface area contributed by atoms with E-state index in [1.54, 1.807) is 0 Å². The van der Waals surface area contributed by atoms with E-state index in [0.717, 1.165) is 45.0 Å². The van der Waals surface area contributed by atoms with Crippen LogP contribution in [0, 0.1) is 0 Å². The Balaban J connectivity index is 2.26. The predicted octanol–water partition coefficient (Wildman–Crippen LogP) is 6.04. The molecule has 0 saturated carbocycles. The maximum absolute atomic E-state index is 6.35. The molecule has 1 unspecified atom stereocenters. The van der Waals surface area contributed by atoms with Crippen LogP contribution in [0.15, 0.2) is 46.9 Å². The Morgan fingerprint density at radius 1 is 1.10 bits per heavy atom. The molecular weight excluding hydrogens is 369 g/mol. The molecule has 1 nitrogen and oxygen atoms in total. The van der Waals surface area contributed by atoms with Crippen molar-refractivity contribution >= 4 is 39.1 Å². The molecule has 0 aliphatic heterocycles. The number of nitrogens with one attached hydrogen (secondary N) is 1. The van der Waals surface area contributed by atoms with E-state index < -0.39 is 0 Å². The van der Waals surface area contributed by atoms with Crippen LogP contribution in [0.2, 0.25) is 10.0 Å². The second kappa shape index (κ2) is 8.19. The van der Waals surface area contributed by atoms with Crippen LogP contribution in [0.1, 0.15) is 30.5 Å². The van der Waals surface area contributed by atoms with Crippen molar-refractivity contribution in [3.05, 3.63) is 68.1 Å². The molecule has 0 fully saturated rings. The van der Waals surface area contributed by atoms with E-state index >= 15 is 0 Å². The van der Waals surface area contributed by atoms with Gasteiger partial charge in [0, 0.05) is 20.6 Å². The minimum atomic E-state index is 0.164. The topological polar surface area (TPSA) is 12.0 Å². The molecule has 1 atom stereocenters. The first kappa shape index (κ1) is 16.8. The molecule has 2 aromatic carbocycles. The highest BCUT2D eigenvalue weighted by atomic mass is 79.9. The van der Waals surface area contributed by atoms with Gasteiger partial charge in [-0.2, -0.15) is 0 Å². The Bertz CT molecular complexity index is 601. The van der Waals surface area contributed by atoms with E-state index in [1.165, 1.54) is 0 Å². The van der Waals surface area contributed by atoms with Crippen molar-refractivity contribution in [2.75, 3.05) is 6.54 Å². The van der Waals surface area contributed by atoms with Gasteiger partial charge in [-0.25, -0.2) is 0 Å². The van der Waals surface area contributed by atoms with E-state index in [0.29, 0.717) is 0 Å². The molecule has 112 valence electrons. The van der Waals surface area contributed by atoms with Crippen molar-refractivity contribution in [1.29, 1.82) is 0 Å². The summed E-state index contributed by atoms with van der Waals surface area (Å²) >= 11 is 16.1. The largest absolute Gasteiger partial charge is 0.310 e. The fraction of sp³-hybridized carbons (Fsp3) is 0.294. The molecule has 0 aliphatic carbocycles. The lowest BCUT2D eigenvalue weighted by Gasteiger charge is -2.21. The zero-order valence-corrected chi connectivity index (χ0v) is 15.0. The third kappa shape index (κ3) is 4.72. The Morgan fingerprint density at radius 2 is 1.86 bits per heavy atom. The highest BCUT2D eigenvalue weighted by molar-refractivity contribution is 9.10. The smallest absolute Gasteiger partial charge is 0.0453 e. The van der Waals surface area contributed by atoms with Crippen molar-refractivity contribution in [2.24, 2.45) is 0 Å². The van der Waals surface area contributed by atoms with E-state index in [-0.39, 0.29) is 6.04 Å². The van der Waals surface area contributed by atoms with Crippen LogP contribution in [-0.2, 0) is 6.42 Å². The molecule has 1 N–H and O–H groups in total. The summed E-state index contributed by atoms with van der Waals surface area (Å²) < 4.78 is 0.993. The van der Waals surface area contributed by atoms with Gasteiger partial charge in [0.05, 0.1) is 0 Å². The molecule has 0 aliphatic rings. The van der Waals surface area contributed by atoms with Gasteiger partial charge in [-0.1, -0.05) is 70.3 Å². The van der Waals surface area contributed by atoms with E-state index in [2.05, 4.69) is 40.3 Å². The van der Waals surface area contributed by atoms with E-state index in [4.69, 9.17) is 23.2 Å². The third-order valence-corrected chi connectivity index (χ3v) is 4.55. The Labute approximate surface area is 144 Å². The lowest BCUT2D eigenvalue weighted by molar-refractivity contribution is 0.529. The second-order valence-corrected chi connectivity index (χ2v) is 6.70. The van der Waals surface area contributed by atoms with Crippen LogP contribution in [0.25, 0.3) is 0 Å². The van der Waals surface area contributed by atoms with Crippen LogP contribution in [0.3, 0.4) is 0 Å². The van der Waals surface area contributed by atoms with Gasteiger partial charge in [0.1, 0.15) is 0 Å². The van der Waals surface area contributed by atoms with Crippen LogP contribution in [0.4, 0.5) is 0 Å². The monoisotopic (exact) mass is 385 g/mol. The molecule has 21 heavy (non-hydrogen) atoms. The van der Waals surface area contributed by atoms with E-state index in [9.17, 15) is 0 Å². The fourth-order valence-corrected chi connectivity index (χ4v) is 3.29. The lowest BCUT2D eigenvalue weighted by atomic mass is 9.98. The molecule has 4 heteroatoms. The van der Waals surface area contributed by atoms with Gasteiger partial charge in [0.25, 0.3) is 0 Å². The molecule has 0 radical (unpaired) electrons. The number of benzene rings is 2. The average Bonchev–Trinajstić information content (AvgIpc) is 2.46. The van der Waals surface area contributed by atoms with Crippen molar-refractivity contribution < 1.29 is 0 Å². The zero-order valence-electron chi connectivity index (χ0n) is 11.9. The van der Waals surface area contributed by atoms with Gasteiger partial charge < -0.3 is 5.32 Å². The summed E-state index contributed by atoms with van der Waals surface area (Å²) in [4.78, 5) is 0. The molecule has 0 bridgehead atoms. The molecule has 0 saturated heterocycles. The molecule has 0 heterocycles. The van der Waals surface area contributed by atoms with Gasteiger partial charge in [0.2, 0.25) is 0 Å². The maximum atomic E-state index is 6.35. The van der Waals surface area contributed by atoms with Gasteiger partial charge >= 0.3 is 0 Å². The van der Waals surface area contributed by atoms with Crippen molar-refractivity contribution in [3.63, 3.8) is 0 Å².